The standard InChI is InChI=1S/C23H25N3O3S/c1-15-16(2)30-23(24-15)25-21(27)14-26(13-18-9-6-12-29-18)22(28)20-11-5-8-17-7-3-4-10-19(17)20/h3-5,7-8,10-11,18H,6,9,12-14H2,1-2H3,(H,24,25,27)/t18-/m0/s1. The fraction of sp³-hybridized carbons (Fsp3) is 0.348. The van der Waals surface area contributed by atoms with Crippen LogP contribution in [0.5, 0.6) is 0 Å². The van der Waals surface area contributed by atoms with Gasteiger partial charge >= 0.3 is 0 Å². The van der Waals surface area contributed by atoms with Crippen molar-refractivity contribution >= 4 is 39.1 Å². The van der Waals surface area contributed by atoms with Gasteiger partial charge in [-0.15, -0.1) is 11.3 Å². The maximum Gasteiger partial charge on any atom is 0.255 e. The minimum absolute atomic E-state index is 0.0407. The van der Waals surface area contributed by atoms with Crippen molar-refractivity contribution in [3.8, 4) is 0 Å². The molecule has 0 bridgehead atoms. The first-order chi connectivity index (χ1) is 14.5. The lowest BCUT2D eigenvalue weighted by Crippen LogP contribution is -2.42. The van der Waals surface area contributed by atoms with Crippen molar-refractivity contribution in [2.45, 2.75) is 32.8 Å². The van der Waals surface area contributed by atoms with E-state index in [1.54, 1.807) is 4.90 Å². The molecule has 1 aliphatic rings. The summed E-state index contributed by atoms with van der Waals surface area (Å²) < 4.78 is 5.74. The smallest absolute Gasteiger partial charge is 0.255 e. The van der Waals surface area contributed by atoms with Crippen LogP contribution < -0.4 is 5.32 Å². The topological polar surface area (TPSA) is 71.5 Å². The molecule has 0 radical (unpaired) electrons. The number of carbonyl (C=O) groups excluding carboxylic acids is 2. The van der Waals surface area contributed by atoms with Crippen LogP contribution in [-0.2, 0) is 9.53 Å². The second kappa shape index (κ2) is 8.93. The van der Waals surface area contributed by atoms with Crippen molar-refractivity contribution in [3.63, 3.8) is 0 Å². The molecular formula is C23H25N3O3S. The molecule has 3 aromatic rings. The number of amides is 2. The summed E-state index contributed by atoms with van der Waals surface area (Å²) in [5.74, 6) is -0.417. The zero-order valence-corrected chi connectivity index (χ0v) is 18.0. The summed E-state index contributed by atoms with van der Waals surface area (Å²) in [5.41, 5.74) is 1.50. The lowest BCUT2D eigenvalue weighted by atomic mass is 10.0. The van der Waals surface area contributed by atoms with Gasteiger partial charge in [0.15, 0.2) is 5.13 Å². The highest BCUT2D eigenvalue weighted by Crippen LogP contribution is 2.23. The van der Waals surface area contributed by atoms with E-state index in [0.29, 0.717) is 23.8 Å². The van der Waals surface area contributed by atoms with Gasteiger partial charge in [-0.05, 0) is 43.5 Å². The first-order valence-electron chi connectivity index (χ1n) is 10.1. The molecule has 1 N–H and O–H groups in total. The Hall–Kier alpha value is -2.77. The summed E-state index contributed by atoms with van der Waals surface area (Å²) in [5, 5.41) is 5.28. The predicted octanol–water partition coefficient (Wildman–Crippen LogP) is 4.17. The molecule has 1 aliphatic heterocycles. The Morgan fingerprint density at radius 2 is 2.00 bits per heavy atom. The fourth-order valence-electron chi connectivity index (χ4n) is 3.69. The molecule has 6 nitrogen and oxygen atoms in total. The van der Waals surface area contributed by atoms with E-state index < -0.39 is 0 Å². The number of aryl methyl sites for hydroxylation is 2. The van der Waals surface area contributed by atoms with Gasteiger partial charge in [-0.1, -0.05) is 36.4 Å². The molecular weight excluding hydrogens is 398 g/mol. The van der Waals surface area contributed by atoms with E-state index in [0.717, 1.165) is 34.2 Å². The number of rotatable bonds is 6. The molecule has 0 saturated carbocycles. The third-order valence-electron chi connectivity index (χ3n) is 5.36. The molecule has 2 aromatic carbocycles. The van der Waals surface area contributed by atoms with Gasteiger partial charge in [0.25, 0.3) is 5.91 Å². The number of thiazole rings is 1. The molecule has 0 unspecified atom stereocenters. The zero-order valence-electron chi connectivity index (χ0n) is 17.2. The van der Waals surface area contributed by atoms with Crippen LogP contribution >= 0.6 is 11.3 Å². The van der Waals surface area contributed by atoms with Crippen LogP contribution in [-0.4, -0.2) is 47.5 Å². The van der Waals surface area contributed by atoms with Crippen molar-refractivity contribution in [1.29, 1.82) is 0 Å². The molecule has 0 spiro atoms. The molecule has 1 fully saturated rings. The van der Waals surface area contributed by atoms with Crippen LogP contribution in [0.3, 0.4) is 0 Å². The Bertz CT molecular complexity index is 1050. The van der Waals surface area contributed by atoms with Crippen LogP contribution in [0.2, 0.25) is 0 Å². The van der Waals surface area contributed by atoms with Gasteiger partial charge < -0.3 is 15.0 Å². The monoisotopic (exact) mass is 423 g/mol. The number of nitrogens with zero attached hydrogens (tertiary/aromatic N) is 2. The highest BCUT2D eigenvalue weighted by molar-refractivity contribution is 7.15. The summed E-state index contributed by atoms with van der Waals surface area (Å²) in [6, 6.07) is 13.5. The fourth-order valence-corrected chi connectivity index (χ4v) is 4.52. The number of anilines is 1. The molecule has 30 heavy (non-hydrogen) atoms. The Morgan fingerprint density at radius 3 is 2.73 bits per heavy atom. The van der Waals surface area contributed by atoms with Crippen LogP contribution in [0.15, 0.2) is 42.5 Å². The highest BCUT2D eigenvalue weighted by atomic mass is 32.1. The third-order valence-corrected chi connectivity index (χ3v) is 6.35. The van der Waals surface area contributed by atoms with Crippen molar-refractivity contribution in [1.82, 2.24) is 9.88 Å². The molecule has 4 rings (SSSR count). The number of fused-ring (bicyclic) bond motifs is 1. The molecule has 2 heterocycles. The van der Waals surface area contributed by atoms with Gasteiger partial charge in [0.05, 0.1) is 11.8 Å². The number of hydrogen-bond donors (Lipinski definition) is 1. The summed E-state index contributed by atoms with van der Waals surface area (Å²) in [4.78, 5) is 33.2. The van der Waals surface area contributed by atoms with Crippen molar-refractivity contribution in [2.24, 2.45) is 0 Å². The van der Waals surface area contributed by atoms with E-state index in [9.17, 15) is 9.59 Å². The minimum Gasteiger partial charge on any atom is -0.376 e. The molecule has 1 saturated heterocycles. The number of ether oxygens (including phenoxy) is 1. The van der Waals surface area contributed by atoms with E-state index in [1.165, 1.54) is 11.3 Å². The Kier molecular flexibility index (Phi) is 6.11. The summed E-state index contributed by atoms with van der Waals surface area (Å²) in [6.07, 6.45) is 1.83. The first kappa shape index (κ1) is 20.5. The average molecular weight is 424 g/mol. The number of nitrogens with one attached hydrogen (secondary N) is 1. The number of carbonyl (C=O) groups is 2. The van der Waals surface area contributed by atoms with Crippen molar-refractivity contribution in [3.05, 3.63) is 58.6 Å². The van der Waals surface area contributed by atoms with Gasteiger partial charge in [-0.25, -0.2) is 4.98 Å². The van der Waals surface area contributed by atoms with E-state index in [-0.39, 0.29) is 24.5 Å². The maximum absolute atomic E-state index is 13.5. The number of aromatic nitrogens is 1. The predicted molar refractivity (Wildman–Crippen MR) is 119 cm³/mol. The number of hydrogen-bond acceptors (Lipinski definition) is 5. The molecule has 0 aliphatic carbocycles. The van der Waals surface area contributed by atoms with E-state index in [1.807, 2.05) is 56.3 Å². The van der Waals surface area contributed by atoms with E-state index >= 15 is 0 Å². The van der Waals surface area contributed by atoms with Gasteiger partial charge in [-0.3, -0.25) is 9.59 Å². The lowest BCUT2D eigenvalue weighted by Gasteiger charge is -2.25. The molecule has 7 heteroatoms. The second-order valence-corrected chi connectivity index (χ2v) is 8.76. The van der Waals surface area contributed by atoms with Gasteiger partial charge in [0, 0.05) is 23.6 Å². The third kappa shape index (κ3) is 4.52. The van der Waals surface area contributed by atoms with Crippen molar-refractivity contribution in [2.75, 3.05) is 25.0 Å². The second-order valence-electron chi connectivity index (χ2n) is 7.56. The van der Waals surface area contributed by atoms with Gasteiger partial charge in [-0.2, -0.15) is 0 Å². The van der Waals surface area contributed by atoms with Gasteiger partial charge in [0.2, 0.25) is 5.91 Å². The van der Waals surface area contributed by atoms with Crippen LogP contribution in [0.4, 0.5) is 5.13 Å². The van der Waals surface area contributed by atoms with Crippen LogP contribution in [0.25, 0.3) is 10.8 Å². The summed E-state index contributed by atoms with van der Waals surface area (Å²) >= 11 is 1.44. The van der Waals surface area contributed by atoms with E-state index in [2.05, 4.69) is 10.3 Å². The molecule has 1 atom stereocenters. The Morgan fingerprint density at radius 1 is 1.20 bits per heavy atom. The first-order valence-corrected chi connectivity index (χ1v) is 11.0. The summed E-state index contributed by atoms with van der Waals surface area (Å²) in [6.45, 7) is 4.93. The minimum atomic E-state index is -0.254. The SMILES string of the molecule is Cc1nc(NC(=O)CN(C[C@@H]2CCCO2)C(=O)c2cccc3ccccc23)sc1C. The Balaban J connectivity index is 1.56. The number of benzene rings is 2. The van der Waals surface area contributed by atoms with Crippen LogP contribution in [0.1, 0.15) is 33.8 Å². The largest absolute Gasteiger partial charge is 0.376 e. The quantitative estimate of drug-likeness (QED) is 0.646. The van der Waals surface area contributed by atoms with Crippen LogP contribution in [0, 0.1) is 13.8 Å². The lowest BCUT2D eigenvalue weighted by molar-refractivity contribution is -0.117. The molecule has 2 amide bonds. The maximum atomic E-state index is 13.5. The average Bonchev–Trinajstić information content (AvgIpc) is 3.36. The zero-order chi connectivity index (χ0) is 21.1. The normalized spacial score (nSPS) is 16.0. The van der Waals surface area contributed by atoms with E-state index in [4.69, 9.17) is 4.74 Å². The van der Waals surface area contributed by atoms with Crippen molar-refractivity contribution < 1.29 is 14.3 Å². The molecule has 156 valence electrons. The Labute approximate surface area is 179 Å². The summed E-state index contributed by atoms with van der Waals surface area (Å²) in [7, 11) is 0. The molecule has 1 aromatic heterocycles. The van der Waals surface area contributed by atoms with Gasteiger partial charge in [0.1, 0.15) is 6.54 Å². The highest BCUT2D eigenvalue weighted by Gasteiger charge is 2.26.